The maximum absolute atomic E-state index is 12.7. The highest BCUT2D eigenvalue weighted by Crippen LogP contribution is 2.32. The van der Waals surface area contributed by atoms with Crippen LogP contribution < -0.4 is 10.2 Å². The van der Waals surface area contributed by atoms with Gasteiger partial charge < -0.3 is 15.2 Å². The van der Waals surface area contributed by atoms with Crippen molar-refractivity contribution in [2.75, 3.05) is 4.90 Å². The van der Waals surface area contributed by atoms with Crippen LogP contribution in [0.15, 0.2) is 24.3 Å². The van der Waals surface area contributed by atoms with Crippen LogP contribution in [-0.2, 0) is 20.7 Å². The lowest BCUT2D eigenvalue weighted by molar-refractivity contribution is -0.140. The predicted octanol–water partition coefficient (Wildman–Crippen LogP) is 1.94. The zero-order chi connectivity index (χ0) is 18.1. The Bertz CT molecular complexity index is 665. The molecule has 1 aromatic rings. The van der Waals surface area contributed by atoms with Gasteiger partial charge in [-0.1, -0.05) is 18.2 Å². The van der Waals surface area contributed by atoms with Crippen molar-refractivity contribution in [1.29, 1.82) is 0 Å². The van der Waals surface area contributed by atoms with Gasteiger partial charge in [-0.25, -0.2) is 9.59 Å². The van der Waals surface area contributed by atoms with Gasteiger partial charge in [0.15, 0.2) is 0 Å². The zero-order valence-corrected chi connectivity index (χ0v) is 14.2. The van der Waals surface area contributed by atoms with Crippen LogP contribution in [0.1, 0.15) is 33.3 Å². The summed E-state index contributed by atoms with van der Waals surface area (Å²) in [5.41, 5.74) is 0.673. The van der Waals surface area contributed by atoms with E-state index >= 15 is 0 Å². The van der Waals surface area contributed by atoms with Gasteiger partial charge in [-0.15, -0.1) is 0 Å². The molecule has 1 aliphatic heterocycles. The average molecular weight is 334 g/mol. The summed E-state index contributed by atoms with van der Waals surface area (Å²) < 4.78 is 5.13. The fraction of sp³-hybridized carbons (Fsp3) is 0.471. The third kappa shape index (κ3) is 3.84. The van der Waals surface area contributed by atoms with E-state index in [-0.39, 0.29) is 6.42 Å². The third-order valence-corrected chi connectivity index (χ3v) is 3.60. The largest absolute Gasteiger partial charge is 0.480 e. The molecule has 0 saturated carbocycles. The molecule has 0 saturated heterocycles. The number of ether oxygens (including phenoxy) is 1. The summed E-state index contributed by atoms with van der Waals surface area (Å²) in [6, 6.07) is 5.16. The lowest BCUT2D eigenvalue weighted by Crippen LogP contribution is -2.52. The van der Waals surface area contributed by atoms with Crippen molar-refractivity contribution < 1.29 is 24.2 Å². The van der Waals surface area contributed by atoms with Crippen LogP contribution in [0.5, 0.6) is 0 Å². The van der Waals surface area contributed by atoms with Crippen LogP contribution in [0.25, 0.3) is 0 Å². The fourth-order valence-electron chi connectivity index (χ4n) is 2.61. The Labute approximate surface area is 140 Å². The average Bonchev–Trinajstić information content (AvgIpc) is 2.83. The molecule has 0 fully saturated rings. The number of amides is 2. The third-order valence-electron chi connectivity index (χ3n) is 3.60. The molecule has 0 aromatic heterocycles. The Morgan fingerprint density at radius 2 is 1.92 bits per heavy atom. The molecule has 2 amide bonds. The molecule has 1 heterocycles. The van der Waals surface area contributed by atoms with E-state index in [1.165, 1.54) is 11.8 Å². The number of hydrogen-bond donors (Lipinski definition) is 2. The van der Waals surface area contributed by atoms with Crippen molar-refractivity contribution in [3.8, 4) is 0 Å². The van der Waals surface area contributed by atoms with Crippen molar-refractivity contribution in [3.63, 3.8) is 0 Å². The summed E-state index contributed by atoms with van der Waals surface area (Å²) >= 11 is 0. The predicted molar refractivity (Wildman–Crippen MR) is 87.9 cm³/mol. The van der Waals surface area contributed by atoms with Crippen LogP contribution in [0.2, 0.25) is 0 Å². The van der Waals surface area contributed by atoms with Crippen LogP contribution in [-0.4, -0.2) is 40.8 Å². The molecule has 7 heteroatoms. The van der Waals surface area contributed by atoms with Gasteiger partial charge in [0, 0.05) is 12.1 Å². The van der Waals surface area contributed by atoms with E-state index in [0.717, 1.165) is 5.56 Å². The minimum atomic E-state index is -1.08. The SMILES string of the molecule is C[C@H](NC(=O)OC(C)(C)C)C(=O)N1c2ccccc2C[C@H]1C(=O)O. The molecule has 7 nitrogen and oxygen atoms in total. The maximum Gasteiger partial charge on any atom is 0.408 e. The summed E-state index contributed by atoms with van der Waals surface area (Å²) in [5, 5.41) is 11.9. The van der Waals surface area contributed by atoms with E-state index in [0.29, 0.717) is 5.69 Å². The van der Waals surface area contributed by atoms with Gasteiger partial charge >= 0.3 is 12.1 Å². The number of anilines is 1. The standard InChI is InChI=1S/C17H22N2O5/c1-10(18-16(23)24-17(2,3)4)14(20)19-12-8-6-5-7-11(12)9-13(19)15(21)22/h5-8,10,13H,9H2,1-4H3,(H,18,23)(H,21,22)/t10-,13-/m0/s1. The van der Waals surface area contributed by atoms with E-state index in [1.807, 2.05) is 0 Å². The van der Waals surface area contributed by atoms with Crippen molar-refractivity contribution in [2.45, 2.75) is 51.8 Å². The number of rotatable bonds is 3. The number of hydrogen-bond acceptors (Lipinski definition) is 4. The number of carboxylic acids is 1. The molecule has 2 N–H and O–H groups in total. The number of fused-ring (bicyclic) bond motifs is 1. The Kier molecular flexibility index (Phi) is 4.82. The monoisotopic (exact) mass is 334 g/mol. The summed E-state index contributed by atoms with van der Waals surface area (Å²) in [5.74, 6) is -1.57. The van der Waals surface area contributed by atoms with Crippen LogP contribution in [0.4, 0.5) is 10.5 Å². The maximum atomic E-state index is 12.7. The number of nitrogens with zero attached hydrogens (tertiary/aromatic N) is 1. The first kappa shape index (κ1) is 17.8. The quantitative estimate of drug-likeness (QED) is 0.881. The van der Waals surface area contributed by atoms with Gasteiger partial charge in [0.2, 0.25) is 5.91 Å². The first-order chi connectivity index (χ1) is 11.1. The molecule has 24 heavy (non-hydrogen) atoms. The van der Waals surface area contributed by atoms with E-state index in [2.05, 4.69) is 5.32 Å². The molecule has 2 rings (SSSR count). The highest BCUT2D eigenvalue weighted by molar-refractivity contribution is 6.05. The summed E-state index contributed by atoms with van der Waals surface area (Å²) in [6.45, 7) is 6.66. The number of carbonyl (C=O) groups excluding carboxylic acids is 2. The molecule has 130 valence electrons. The number of carbonyl (C=O) groups is 3. The van der Waals surface area contributed by atoms with Crippen molar-refractivity contribution in [1.82, 2.24) is 5.32 Å². The summed E-state index contributed by atoms with van der Waals surface area (Å²) in [6.07, 6.45) is -0.473. The van der Waals surface area contributed by atoms with Crippen molar-refractivity contribution in [3.05, 3.63) is 29.8 Å². The summed E-state index contributed by atoms with van der Waals surface area (Å²) in [4.78, 5) is 37.3. The lowest BCUT2D eigenvalue weighted by atomic mass is 10.1. The molecule has 0 aliphatic carbocycles. The second kappa shape index (κ2) is 6.51. The molecule has 1 aliphatic rings. The van der Waals surface area contributed by atoms with Gasteiger partial charge in [-0.3, -0.25) is 9.69 Å². The number of aliphatic carboxylic acids is 1. The van der Waals surface area contributed by atoms with Gasteiger partial charge in [-0.05, 0) is 39.3 Å². The summed E-state index contributed by atoms with van der Waals surface area (Å²) in [7, 11) is 0. The van der Waals surface area contributed by atoms with Crippen LogP contribution >= 0.6 is 0 Å². The molecule has 2 atom stereocenters. The lowest BCUT2D eigenvalue weighted by Gasteiger charge is -2.27. The minimum Gasteiger partial charge on any atom is -0.480 e. The molecular formula is C17H22N2O5. The number of alkyl carbamates (subject to hydrolysis) is 1. The number of nitrogens with one attached hydrogen (secondary N) is 1. The van der Waals surface area contributed by atoms with Crippen LogP contribution in [0, 0.1) is 0 Å². The molecule has 0 radical (unpaired) electrons. The number of carboxylic acid groups (broad SMARTS) is 1. The smallest absolute Gasteiger partial charge is 0.408 e. The van der Waals surface area contributed by atoms with E-state index in [9.17, 15) is 19.5 Å². The number of para-hydroxylation sites is 1. The normalized spacial score (nSPS) is 17.8. The molecule has 0 bridgehead atoms. The molecule has 1 aromatic carbocycles. The second-order valence-corrected chi connectivity index (χ2v) is 6.76. The molecular weight excluding hydrogens is 312 g/mol. The first-order valence-corrected chi connectivity index (χ1v) is 7.73. The highest BCUT2D eigenvalue weighted by Gasteiger charge is 2.40. The van der Waals surface area contributed by atoms with E-state index < -0.39 is 35.7 Å². The van der Waals surface area contributed by atoms with Crippen molar-refractivity contribution in [2.24, 2.45) is 0 Å². The van der Waals surface area contributed by atoms with E-state index in [1.54, 1.807) is 45.0 Å². The molecule has 0 unspecified atom stereocenters. The zero-order valence-electron chi connectivity index (χ0n) is 14.2. The minimum absolute atomic E-state index is 0.246. The second-order valence-electron chi connectivity index (χ2n) is 6.76. The highest BCUT2D eigenvalue weighted by atomic mass is 16.6. The van der Waals surface area contributed by atoms with E-state index in [4.69, 9.17) is 4.74 Å². The van der Waals surface area contributed by atoms with Crippen molar-refractivity contribution >= 4 is 23.7 Å². The Morgan fingerprint density at radius 1 is 1.29 bits per heavy atom. The Balaban J connectivity index is 2.17. The Morgan fingerprint density at radius 3 is 2.50 bits per heavy atom. The Hall–Kier alpha value is -2.57. The van der Waals surface area contributed by atoms with Gasteiger partial charge in [0.1, 0.15) is 17.7 Å². The van der Waals surface area contributed by atoms with Gasteiger partial charge in [0.05, 0.1) is 0 Å². The van der Waals surface area contributed by atoms with Gasteiger partial charge in [0.25, 0.3) is 0 Å². The van der Waals surface area contributed by atoms with Crippen LogP contribution in [0.3, 0.4) is 0 Å². The number of benzene rings is 1. The van der Waals surface area contributed by atoms with Gasteiger partial charge in [-0.2, -0.15) is 0 Å². The fourth-order valence-corrected chi connectivity index (χ4v) is 2.61. The molecule has 0 spiro atoms. The topological polar surface area (TPSA) is 95.9 Å². The first-order valence-electron chi connectivity index (χ1n) is 7.73.